The lowest BCUT2D eigenvalue weighted by Gasteiger charge is -2.11. The van der Waals surface area contributed by atoms with Crippen molar-refractivity contribution in [3.63, 3.8) is 0 Å². The SMILES string of the molecule is CCSc1nnc(NC(=O)c2ccc(O[C@@H]3CCSC3)nc2)s1. The van der Waals surface area contributed by atoms with Gasteiger partial charge in [0.25, 0.3) is 5.91 Å². The second kappa shape index (κ2) is 7.98. The highest BCUT2D eigenvalue weighted by Gasteiger charge is 2.18. The van der Waals surface area contributed by atoms with Gasteiger partial charge in [0, 0.05) is 18.0 Å². The summed E-state index contributed by atoms with van der Waals surface area (Å²) in [6.07, 6.45) is 2.79. The van der Waals surface area contributed by atoms with Crippen LogP contribution in [-0.2, 0) is 0 Å². The fourth-order valence-electron chi connectivity index (χ4n) is 1.97. The highest BCUT2D eigenvalue weighted by molar-refractivity contribution is 8.01. The zero-order valence-electron chi connectivity index (χ0n) is 12.5. The van der Waals surface area contributed by atoms with Crippen molar-refractivity contribution in [3.8, 4) is 5.88 Å². The van der Waals surface area contributed by atoms with Crippen molar-refractivity contribution < 1.29 is 9.53 Å². The van der Waals surface area contributed by atoms with Crippen molar-refractivity contribution in [2.24, 2.45) is 0 Å². The van der Waals surface area contributed by atoms with Gasteiger partial charge in [-0.3, -0.25) is 10.1 Å². The quantitative estimate of drug-likeness (QED) is 0.620. The minimum absolute atomic E-state index is 0.225. The molecule has 1 aliphatic rings. The number of carbonyl (C=O) groups excluding carboxylic acids is 1. The Morgan fingerprint density at radius 3 is 3.09 bits per heavy atom. The van der Waals surface area contributed by atoms with Crippen LogP contribution in [0.25, 0.3) is 0 Å². The van der Waals surface area contributed by atoms with Crippen LogP contribution < -0.4 is 10.1 Å². The Morgan fingerprint density at radius 2 is 2.39 bits per heavy atom. The molecule has 1 atom stereocenters. The third kappa shape index (κ3) is 4.58. The van der Waals surface area contributed by atoms with E-state index >= 15 is 0 Å². The van der Waals surface area contributed by atoms with E-state index in [1.165, 1.54) is 17.5 Å². The number of aromatic nitrogens is 3. The number of pyridine rings is 1. The van der Waals surface area contributed by atoms with Gasteiger partial charge in [0.15, 0.2) is 4.34 Å². The standard InChI is InChI=1S/C14H16N4O2S3/c1-2-22-14-18-17-13(23-14)16-12(19)9-3-4-11(15-7-9)20-10-5-6-21-8-10/h3-4,7,10H,2,5-6,8H2,1H3,(H,16,17,19)/t10-/m1/s1. The van der Waals surface area contributed by atoms with Crippen LogP contribution in [0.4, 0.5) is 5.13 Å². The summed E-state index contributed by atoms with van der Waals surface area (Å²) in [7, 11) is 0. The molecule has 0 bridgehead atoms. The molecule has 122 valence electrons. The monoisotopic (exact) mass is 368 g/mol. The number of ether oxygens (including phenoxy) is 1. The van der Waals surface area contributed by atoms with Crippen LogP contribution in [0.1, 0.15) is 23.7 Å². The third-order valence-electron chi connectivity index (χ3n) is 3.07. The van der Waals surface area contributed by atoms with E-state index in [1.54, 1.807) is 23.9 Å². The molecule has 2 aromatic heterocycles. The molecule has 1 aliphatic heterocycles. The molecular formula is C14H16N4O2S3. The van der Waals surface area contributed by atoms with Crippen molar-refractivity contribution >= 4 is 45.9 Å². The summed E-state index contributed by atoms with van der Waals surface area (Å²) in [6.45, 7) is 2.05. The van der Waals surface area contributed by atoms with Crippen molar-refractivity contribution in [1.29, 1.82) is 0 Å². The molecule has 0 unspecified atom stereocenters. The summed E-state index contributed by atoms with van der Waals surface area (Å²) in [5.74, 6) is 3.37. The van der Waals surface area contributed by atoms with E-state index in [0.717, 1.165) is 28.0 Å². The van der Waals surface area contributed by atoms with E-state index in [9.17, 15) is 4.79 Å². The molecule has 0 aromatic carbocycles. The summed E-state index contributed by atoms with van der Waals surface area (Å²) in [5, 5.41) is 11.2. The van der Waals surface area contributed by atoms with E-state index in [4.69, 9.17) is 4.74 Å². The van der Waals surface area contributed by atoms with Crippen molar-refractivity contribution in [2.75, 3.05) is 22.6 Å². The molecular weight excluding hydrogens is 352 g/mol. The Bertz CT molecular complexity index is 656. The molecule has 1 saturated heterocycles. The lowest BCUT2D eigenvalue weighted by atomic mass is 10.2. The number of anilines is 1. The maximum Gasteiger partial charge on any atom is 0.259 e. The number of thioether (sulfide) groups is 2. The van der Waals surface area contributed by atoms with Gasteiger partial charge in [-0.05, 0) is 24.0 Å². The van der Waals surface area contributed by atoms with Crippen LogP contribution >= 0.6 is 34.9 Å². The van der Waals surface area contributed by atoms with Gasteiger partial charge >= 0.3 is 0 Å². The Balaban J connectivity index is 1.58. The first-order valence-corrected chi connectivity index (χ1v) is 10.2. The van der Waals surface area contributed by atoms with E-state index in [1.807, 2.05) is 18.7 Å². The van der Waals surface area contributed by atoms with Gasteiger partial charge in [0.1, 0.15) is 6.10 Å². The van der Waals surface area contributed by atoms with E-state index in [0.29, 0.717) is 16.6 Å². The lowest BCUT2D eigenvalue weighted by Crippen LogP contribution is -2.16. The molecule has 0 saturated carbocycles. The van der Waals surface area contributed by atoms with Gasteiger partial charge < -0.3 is 4.74 Å². The number of hydrogen-bond acceptors (Lipinski definition) is 8. The van der Waals surface area contributed by atoms with Crippen LogP contribution in [0, 0.1) is 0 Å². The topological polar surface area (TPSA) is 77.0 Å². The first kappa shape index (κ1) is 16.5. The summed E-state index contributed by atoms with van der Waals surface area (Å²) < 4.78 is 6.62. The predicted octanol–water partition coefficient (Wildman–Crippen LogP) is 3.18. The number of rotatable bonds is 6. The van der Waals surface area contributed by atoms with Crippen molar-refractivity contribution in [1.82, 2.24) is 15.2 Å². The van der Waals surface area contributed by atoms with Crippen LogP contribution in [0.15, 0.2) is 22.7 Å². The fourth-order valence-corrected chi connectivity index (χ4v) is 4.71. The smallest absolute Gasteiger partial charge is 0.259 e. The average molecular weight is 369 g/mol. The van der Waals surface area contributed by atoms with Gasteiger partial charge in [0.2, 0.25) is 11.0 Å². The van der Waals surface area contributed by atoms with Gasteiger partial charge in [-0.25, -0.2) is 4.98 Å². The van der Waals surface area contributed by atoms with E-state index in [2.05, 4.69) is 20.5 Å². The number of nitrogens with zero attached hydrogens (tertiary/aromatic N) is 3. The van der Waals surface area contributed by atoms with Gasteiger partial charge in [-0.15, -0.1) is 10.2 Å². The summed E-state index contributed by atoms with van der Waals surface area (Å²) in [6, 6.07) is 3.44. The Hall–Kier alpha value is -1.32. The summed E-state index contributed by atoms with van der Waals surface area (Å²) in [5.41, 5.74) is 0.470. The number of nitrogens with one attached hydrogen (secondary N) is 1. The summed E-state index contributed by atoms with van der Waals surface area (Å²) >= 11 is 4.85. The highest BCUT2D eigenvalue weighted by atomic mass is 32.2. The number of amides is 1. The Kier molecular flexibility index (Phi) is 5.74. The molecule has 9 heteroatoms. The number of carbonyl (C=O) groups is 1. The minimum atomic E-state index is -0.246. The van der Waals surface area contributed by atoms with E-state index in [-0.39, 0.29) is 12.0 Å². The maximum absolute atomic E-state index is 12.2. The Morgan fingerprint density at radius 1 is 1.48 bits per heavy atom. The van der Waals surface area contributed by atoms with E-state index < -0.39 is 0 Å². The first-order valence-electron chi connectivity index (χ1n) is 7.22. The fraction of sp³-hybridized carbons (Fsp3) is 0.429. The third-order valence-corrected chi connectivity index (χ3v) is 6.05. The van der Waals surface area contributed by atoms with Crippen LogP contribution in [-0.4, -0.2) is 44.5 Å². The first-order chi connectivity index (χ1) is 11.2. The summed E-state index contributed by atoms with van der Waals surface area (Å²) in [4.78, 5) is 16.4. The molecule has 1 amide bonds. The van der Waals surface area contributed by atoms with Crippen LogP contribution in [0.2, 0.25) is 0 Å². The molecule has 2 aromatic rings. The lowest BCUT2D eigenvalue weighted by molar-refractivity contribution is 0.102. The number of hydrogen-bond donors (Lipinski definition) is 1. The zero-order chi connectivity index (χ0) is 16.1. The minimum Gasteiger partial charge on any atom is -0.473 e. The van der Waals surface area contributed by atoms with Crippen molar-refractivity contribution in [3.05, 3.63) is 23.9 Å². The molecule has 0 aliphatic carbocycles. The second-order valence-corrected chi connectivity index (χ2v) is 8.39. The average Bonchev–Trinajstić information content (AvgIpc) is 3.21. The van der Waals surface area contributed by atoms with Crippen LogP contribution in [0.3, 0.4) is 0 Å². The van der Waals surface area contributed by atoms with Gasteiger partial charge in [0.05, 0.1) is 5.56 Å². The van der Waals surface area contributed by atoms with Crippen LogP contribution in [0.5, 0.6) is 5.88 Å². The molecule has 1 fully saturated rings. The molecule has 23 heavy (non-hydrogen) atoms. The normalized spacial score (nSPS) is 17.2. The largest absolute Gasteiger partial charge is 0.473 e. The Labute approximate surface area is 146 Å². The molecule has 0 radical (unpaired) electrons. The zero-order valence-corrected chi connectivity index (χ0v) is 15.0. The predicted molar refractivity (Wildman–Crippen MR) is 94.9 cm³/mol. The molecule has 3 rings (SSSR count). The second-order valence-electron chi connectivity index (χ2n) is 4.75. The van der Waals surface area contributed by atoms with Gasteiger partial charge in [-0.1, -0.05) is 30.0 Å². The maximum atomic E-state index is 12.2. The van der Waals surface area contributed by atoms with Gasteiger partial charge in [-0.2, -0.15) is 11.8 Å². The highest BCUT2D eigenvalue weighted by Crippen LogP contribution is 2.25. The molecule has 6 nitrogen and oxygen atoms in total. The van der Waals surface area contributed by atoms with Crippen molar-refractivity contribution in [2.45, 2.75) is 23.8 Å². The molecule has 1 N–H and O–H groups in total. The molecule has 0 spiro atoms. The molecule has 3 heterocycles.